The van der Waals surface area contributed by atoms with Crippen molar-refractivity contribution in [3.8, 4) is 0 Å². The van der Waals surface area contributed by atoms with Crippen molar-refractivity contribution in [3.05, 3.63) is 87.8 Å². The Bertz CT molecular complexity index is 1170. The molecule has 5 nitrogen and oxygen atoms in total. The average Bonchev–Trinajstić information content (AvgIpc) is 2.80. The minimum Gasteiger partial charge on any atom is -0.372 e. The molecule has 0 fully saturated rings. The summed E-state index contributed by atoms with van der Waals surface area (Å²) in [6, 6.07) is 11.4. The van der Waals surface area contributed by atoms with Gasteiger partial charge in [-0.1, -0.05) is 56.6 Å². The van der Waals surface area contributed by atoms with Crippen LogP contribution >= 0.6 is 11.6 Å². The molecule has 1 amide bonds. The first-order chi connectivity index (χ1) is 16.4. The number of anilines is 1. The van der Waals surface area contributed by atoms with Crippen LogP contribution in [0.25, 0.3) is 0 Å². The maximum Gasteiger partial charge on any atom is 0.416 e. The Hall–Kier alpha value is -3.13. The fourth-order valence-corrected chi connectivity index (χ4v) is 3.75. The van der Waals surface area contributed by atoms with Gasteiger partial charge in [-0.2, -0.15) is 13.2 Å². The van der Waals surface area contributed by atoms with Crippen LogP contribution in [-0.2, 0) is 24.6 Å². The molecule has 186 valence electrons. The summed E-state index contributed by atoms with van der Waals surface area (Å²) in [5, 5.41) is 3.20. The van der Waals surface area contributed by atoms with E-state index < -0.39 is 11.7 Å². The summed E-state index contributed by atoms with van der Waals surface area (Å²) in [7, 11) is 1.65. The Morgan fingerprint density at radius 2 is 1.71 bits per heavy atom. The van der Waals surface area contributed by atoms with Gasteiger partial charge in [-0.3, -0.25) is 9.78 Å². The van der Waals surface area contributed by atoms with Crippen molar-refractivity contribution >= 4 is 23.3 Å². The van der Waals surface area contributed by atoms with E-state index in [4.69, 9.17) is 11.6 Å². The summed E-state index contributed by atoms with van der Waals surface area (Å²) in [6.45, 7) is 6.77. The van der Waals surface area contributed by atoms with Gasteiger partial charge < -0.3 is 10.2 Å². The lowest BCUT2D eigenvalue weighted by molar-refractivity contribution is -0.137. The number of carbonyl (C=O) groups excluding carboxylic acids is 1. The third kappa shape index (κ3) is 6.94. The van der Waals surface area contributed by atoms with Crippen molar-refractivity contribution in [2.45, 2.75) is 45.3 Å². The van der Waals surface area contributed by atoms with Crippen LogP contribution in [0.3, 0.4) is 0 Å². The summed E-state index contributed by atoms with van der Waals surface area (Å²) in [5.74, 6) is 0.0286. The lowest BCUT2D eigenvalue weighted by Gasteiger charge is -2.25. The van der Waals surface area contributed by atoms with Crippen LogP contribution in [-0.4, -0.2) is 34.4 Å². The second-order valence-electron chi connectivity index (χ2n) is 9.26. The Morgan fingerprint density at radius 1 is 1.03 bits per heavy atom. The average molecular weight is 505 g/mol. The third-order valence-electron chi connectivity index (χ3n) is 5.58. The molecule has 0 spiro atoms. The van der Waals surface area contributed by atoms with Crippen molar-refractivity contribution in [1.29, 1.82) is 0 Å². The number of aromatic nitrogens is 2. The summed E-state index contributed by atoms with van der Waals surface area (Å²) in [6.07, 6.45) is -1.74. The highest BCUT2D eigenvalue weighted by molar-refractivity contribution is 6.31. The highest BCUT2D eigenvalue weighted by atomic mass is 35.5. The number of alkyl halides is 3. The van der Waals surface area contributed by atoms with Crippen molar-refractivity contribution < 1.29 is 18.0 Å². The highest BCUT2D eigenvalue weighted by Gasteiger charge is 2.30. The van der Waals surface area contributed by atoms with Gasteiger partial charge in [0.25, 0.3) is 5.91 Å². The van der Waals surface area contributed by atoms with E-state index in [-0.39, 0.29) is 42.1 Å². The van der Waals surface area contributed by atoms with E-state index in [1.165, 1.54) is 12.3 Å². The van der Waals surface area contributed by atoms with Crippen LogP contribution in [0.4, 0.5) is 19.0 Å². The molecule has 0 saturated heterocycles. The number of benzene rings is 1. The van der Waals surface area contributed by atoms with E-state index in [0.29, 0.717) is 10.8 Å². The fraction of sp³-hybridized carbons (Fsp3) is 0.346. The summed E-state index contributed by atoms with van der Waals surface area (Å²) in [4.78, 5) is 23.4. The second kappa shape index (κ2) is 10.6. The molecule has 0 aliphatic carbocycles. The maximum absolute atomic E-state index is 13.5. The van der Waals surface area contributed by atoms with Gasteiger partial charge in [0.15, 0.2) is 0 Å². The van der Waals surface area contributed by atoms with Crippen molar-refractivity contribution in [3.63, 3.8) is 0 Å². The molecule has 0 atom stereocenters. The Labute approximate surface area is 208 Å². The zero-order valence-corrected chi connectivity index (χ0v) is 20.8. The lowest BCUT2D eigenvalue weighted by Crippen LogP contribution is -2.33. The fourth-order valence-electron chi connectivity index (χ4n) is 3.60. The van der Waals surface area contributed by atoms with Gasteiger partial charge in [0.05, 0.1) is 16.1 Å². The van der Waals surface area contributed by atoms with Crippen molar-refractivity contribution in [2.24, 2.45) is 0 Å². The summed E-state index contributed by atoms with van der Waals surface area (Å²) in [5.41, 5.74) is 1.79. The number of nitrogens with one attached hydrogen (secondary N) is 1. The van der Waals surface area contributed by atoms with Gasteiger partial charge in [-0.15, -0.1) is 0 Å². The van der Waals surface area contributed by atoms with Gasteiger partial charge in [0.1, 0.15) is 5.82 Å². The molecule has 35 heavy (non-hydrogen) atoms. The monoisotopic (exact) mass is 504 g/mol. The first-order valence-corrected chi connectivity index (χ1v) is 11.5. The molecule has 1 N–H and O–H groups in total. The first-order valence-electron chi connectivity index (χ1n) is 11.1. The van der Waals surface area contributed by atoms with E-state index in [9.17, 15) is 18.0 Å². The minimum absolute atomic E-state index is 0.0165. The number of carbonyl (C=O) groups is 1. The number of halogens is 4. The SMILES string of the molecule is CNc1ncc(Cl)cc1C(=O)N(CCc1cc(C(F)(F)F)ccn1)Cc1ccc(C(C)(C)C)cc1. The van der Waals surface area contributed by atoms with Crippen LogP contribution in [0.15, 0.2) is 54.9 Å². The molecule has 1 aromatic carbocycles. The van der Waals surface area contributed by atoms with Crippen LogP contribution in [0.2, 0.25) is 5.02 Å². The molecular weight excluding hydrogens is 477 g/mol. The van der Waals surface area contributed by atoms with Crippen molar-refractivity contribution in [2.75, 3.05) is 18.9 Å². The van der Waals surface area contributed by atoms with Crippen LogP contribution in [0.5, 0.6) is 0 Å². The van der Waals surface area contributed by atoms with Crippen LogP contribution in [0, 0.1) is 0 Å². The Balaban J connectivity index is 1.90. The van der Waals surface area contributed by atoms with Crippen LogP contribution < -0.4 is 5.32 Å². The maximum atomic E-state index is 13.5. The molecule has 0 radical (unpaired) electrons. The van der Waals surface area contributed by atoms with E-state index in [1.807, 2.05) is 24.3 Å². The smallest absolute Gasteiger partial charge is 0.372 e. The normalized spacial score (nSPS) is 11.9. The zero-order valence-electron chi connectivity index (χ0n) is 20.1. The number of nitrogens with zero attached hydrogens (tertiary/aromatic N) is 3. The zero-order chi connectivity index (χ0) is 25.8. The number of amides is 1. The Morgan fingerprint density at radius 3 is 2.31 bits per heavy atom. The van der Waals surface area contributed by atoms with E-state index in [0.717, 1.165) is 29.5 Å². The molecule has 0 aliphatic heterocycles. The molecule has 2 aromatic heterocycles. The van der Waals surface area contributed by atoms with Gasteiger partial charge in [-0.25, -0.2) is 4.98 Å². The number of hydrogen-bond donors (Lipinski definition) is 1. The van der Waals surface area contributed by atoms with E-state index >= 15 is 0 Å². The second-order valence-corrected chi connectivity index (χ2v) is 9.69. The van der Waals surface area contributed by atoms with Gasteiger partial charge in [-0.05, 0) is 34.7 Å². The van der Waals surface area contributed by atoms with Gasteiger partial charge in [0, 0.05) is 44.6 Å². The molecule has 0 bridgehead atoms. The van der Waals surface area contributed by atoms with E-state index in [1.54, 1.807) is 11.9 Å². The quantitative estimate of drug-likeness (QED) is 0.406. The molecular formula is C26H28ClF3N4O. The number of rotatable bonds is 7. The standard InChI is InChI=1S/C26H28ClF3N4O/c1-25(2,3)18-7-5-17(6-8-18)16-34(24(35)22-14-20(27)15-33-23(22)31-4)12-10-21-13-19(9-11-32-21)26(28,29)30/h5-9,11,13-15H,10,12,16H2,1-4H3,(H,31,33). The summed E-state index contributed by atoms with van der Waals surface area (Å²) < 4.78 is 39.4. The predicted octanol–water partition coefficient (Wildman–Crippen LogP) is 6.37. The number of hydrogen-bond acceptors (Lipinski definition) is 4. The molecule has 3 aromatic rings. The van der Waals surface area contributed by atoms with Crippen molar-refractivity contribution in [1.82, 2.24) is 14.9 Å². The number of pyridine rings is 2. The predicted molar refractivity (Wildman–Crippen MR) is 132 cm³/mol. The molecule has 0 saturated carbocycles. The summed E-state index contributed by atoms with van der Waals surface area (Å²) >= 11 is 6.10. The van der Waals surface area contributed by atoms with Gasteiger partial charge >= 0.3 is 6.18 Å². The molecule has 9 heteroatoms. The first kappa shape index (κ1) is 26.5. The van der Waals surface area contributed by atoms with Gasteiger partial charge in [0.2, 0.25) is 0 Å². The molecule has 2 heterocycles. The Kier molecular flexibility index (Phi) is 8.05. The van der Waals surface area contributed by atoms with E-state index in [2.05, 4.69) is 36.1 Å². The molecule has 0 unspecified atom stereocenters. The lowest BCUT2D eigenvalue weighted by atomic mass is 9.87. The highest BCUT2D eigenvalue weighted by Crippen LogP contribution is 2.29. The largest absolute Gasteiger partial charge is 0.416 e. The van der Waals surface area contributed by atoms with Crippen LogP contribution in [0.1, 0.15) is 53.5 Å². The minimum atomic E-state index is -4.46. The molecule has 0 aliphatic rings. The topological polar surface area (TPSA) is 58.1 Å². The third-order valence-corrected chi connectivity index (χ3v) is 5.79. The molecule has 3 rings (SSSR count).